The van der Waals surface area contributed by atoms with Crippen LogP contribution in [0.4, 0.5) is 13.2 Å². The quantitative estimate of drug-likeness (QED) is 0.799. The van der Waals surface area contributed by atoms with Crippen LogP contribution in [0.2, 0.25) is 5.15 Å². The van der Waals surface area contributed by atoms with Crippen molar-refractivity contribution < 1.29 is 18.0 Å². The molecule has 0 bridgehead atoms. The van der Waals surface area contributed by atoms with E-state index in [2.05, 4.69) is 10.2 Å². The Morgan fingerprint density at radius 3 is 2.37 bits per heavy atom. The number of halogens is 4. The summed E-state index contributed by atoms with van der Waals surface area (Å²) in [4.78, 5) is 13.3. The van der Waals surface area contributed by atoms with Gasteiger partial charge in [0, 0.05) is 13.1 Å². The zero-order valence-corrected chi connectivity index (χ0v) is 10.6. The lowest BCUT2D eigenvalue weighted by Crippen LogP contribution is -2.42. The van der Waals surface area contributed by atoms with E-state index in [-0.39, 0.29) is 36.8 Å². The van der Waals surface area contributed by atoms with Crippen molar-refractivity contribution >= 4 is 17.5 Å². The molecule has 1 amide bonds. The molecular weight excluding hydrogens is 283 g/mol. The Kier molecular flexibility index (Phi) is 3.93. The molecule has 1 aromatic rings. The summed E-state index contributed by atoms with van der Waals surface area (Å²) in [5.74, 6) is -1.74. The van der Waals surface area contributed by atoms with E-state index >= 15 is 0 Å². The Balaban J connectivity index is 1.98. The van der Waals surface area contributed by atoms with Crippen molar-refractivity contribution in [1.29, 1.82) is 0 Å². The summed E-state index contributed by atoms with van der Waals surface area (Å²) < 4.78 is 37.5. The van der Waals surface area contributed by atoms with Gasteiger partial charge in [-0.1, -0.05) is 11.6 Å². The number of carbonyl (C=O) groups is 1. The van der Waals surface area contributed by atoms with Crippen LogP contribution < -0.4 is 0 Å². The zero-order chi connectivity index (χ0) is 14.0. The van der Waals surface area contributed by atoms with E-state index in [1.165, 1.54) is 17.0 Å². The van der Waals surface area contributed by atoms with Crippen LogP contribution >= 0.6 is 11.6 Å². The first-order valence-corrected chi connectivity index (χ1v) is 6.11. The van der Waals surface area contributed by atoms with Crippen LogP contribution in [0.15, 0.2) is 12.1 Å². The minimum Gasteiger partial charge on any atom is -0.337 e. The van der Waals surface area contributed by atoms with E-state index in [0.29, 0.717) is 0 Å². The Hall–Kier alpha value is -1.37. The maximum Gasteiger partial charge on any atom is 0.391 e. The number of aromatic nitrogens is 2. The average molecular weight is 294 g/mol. The Labute approximate surface area is 112 Å². The predicted molar refractivity (Wildman–Crippen MR) is 61.7 cm³/mol. The molecule has 2 heterocycles. The summed E-state index contributed by atoms with van der Waals surface area (Å²) in [6, 6.07) is 2.83. The first-order valence-electron chi connectivity index (χ1n) is 5.73. The van der Waals surface area contributed by atoms with Crippen LogP contribution in [-0.2, 0) is 0 Å². The summed E-state index contributed by atoms with van der Waals surface area (Å²) in [5.41, 5.74) is 0.0925. The fourth-order valence-electron chi connectivity index (χ4n) is 2.00. The number of alkyl halides is 3. The molecule has 8 heteroatoms. The number of amides is 1. The number of hydrogen-bond donors (Lipinski definition) is 0. The van der Waals surface area contributed by atoms with Gasteiger partial charge in [-0.25, -0.2) is 0 Å². The molecule has 0 spiro atoms. The van der Waals surface area contributed by atoms with Crippen molar-refractivity contribution in [3.8, 4) is 0 Å². The van der Waals surface area contributed by atoms with Crippen molar-refractivity contribution in [1.82, 2.24) is 15.1 Å². The third kappa shape index (κ3) is 3.34. The molecule has 4 nitrogen and oxygen atoms in total. The highest BCUT2D eigenvalue weighted by Crippen LogP contribution is 2.34. The van der Waals surface area contributed by atoms with Gasteiger partial charge in [-0.2, -0.15) is 13.2 Å². The fraction of sp³-hybridized carbons (Fsp3) is 0.545. The maximum absolute atomic E-state index is 12.5. The van der Waals surface area contributed by atoms with Crippen LogP contribution in [0.3, 0.4) is 0 Å². The molecule has 0 aliphatic carbocycles. The smallest absolute Gasteiger partial charge is 0.337 e. The monoisotopic (exact) mass is 293 g/mol. The Morgan fingerprint density at radius 2 is 1.89 bits per heavy atom. The minimum atomic E-state index is -4.19. The van der Waals surface area contributed by atoms with Gasteiger partial charge in [0.25, 0.3) is 5.91 Å². The maximum atomic E-state index is 12.5. The van der Waals surface area contributed by atoms with Gasteiger partial charge in [-0.3, -0.25) is 4.79 Å². The molecule has 1 aromatic heterocycles. The van der Waals surface area contributed by atoms with Gasteiger partial charge < -0.3 is 4.90 Å². The van der Waals surface area contributed by atoms with Gasteiger partial charge in [0.1, 0.15) is 0 Å². The van der Waals surface area contributed by atoms with E-state index in [0.717, 1.165) is 0 Å². The molecule has 2 rings (SSSR count). The fourth-order valence-corrected chi connectivity index (χ4v) is 2.10. The zero-order valence-electron chi connectivity index (χ0n) is 9.82. The van der Waals surface area contributed by atoms with Crippen molar-refractivity contribution in [2.24, 2.45) is 5.92 Å². The van der Waals surface area contributed by atoms with Crippen LogP contribution in [0.25, 0.3) is 0 Å². The molecular formula is C11H11ClF3N3O. The molecule has 0 atom stereocenters. The number of likely N-dealkylation sites (tertiary alicyclic amines) is 1. The number of carbonyl (C=O) groups excluding carboxylic acids is 1. The number of piperidine rings is 1. The van der Waals surface area contributed by atoms with Gasteiger partial charge in [0.05, 0.1) is 5.92 Å². The van der Waals surface area contributed by atoms with Gasteiger partial charge >= 0.3 is 6.18 Å². The van der Waals surface area contributed by atoms with Crippen LogP contribution in [0.5, 0.6) is 0 Å². The average Bonchev–Trinajstić information content (AvgIpc) is 2.38. The SMILES string of the molecule is O=C(c1ccc(Cl)nn1)N1CCC(C(F)(F)F)CC1. The molecule has 1 aliphatic rings. The second kappa shape index (κ2) is 5.32. The summed E-state index contributed by atoms with van der Waals surface area (Å²) in [5, 5.41) is 7.32. The highest BCUT2D eigenvalue weighted by atomic mass is 35.5. The summed E-state index contributed by atoms with van der Waals surface area (Å²) in [6.07, 6.45) is -4.33. The third-order valence-corrected chi connectivity index (χ3v) is 3.30. The van der Waals surface area contributed by atoms with E-state index in [1.54, 1.807) is 0 Å². The number of nitrogens with zero attached hydrogens (tertiary/aromatic N) is 3. The minimum absolute atomic E-state index is 0.0732. The van der Waals surface area contributed by atoms with Gasteiger partial charge in [0.2, 0.25) is 0 Å². The first kappa shape index (κ1) is 14.0. The Morgan fingerprint density at radius 1 is 1.26 bits per heavy atom. The van der Waals surface area contributed by atoms with E-state index in [1.807, 2.05) is 0 Å². The molecule has 1 fully saturated rings. The number of rotatable bonds is 1. The molecule has 0 aromatic carbocycles. The van der Waals surface area contributed by atoms with Gasteiger partial charge in [0.15, 0.2) is 10.8 Å². The molecule has 0 N–H and O–H groups in total. The third-order valence-electron chi connectivity index (χ3n) is 3.10. The molecule has 19 heavy (non-hydrogen) atoms. The van der Waals surface area contributed by atoms with E-state index in [9.17, 15) is 18.0 Å². The number of hydrogen-bond acceptors (Lipinski definition) is 3. The predicted octanol–water partition coefficient (Wildman–Crippen LogP) is 2.54. The normalized spacial score (nSPS) is 17.6. The standard InChI is InChI=1S/C11H11ClF3N3O/c12-9-2-1-8(16-17-9)10(19)18-5-3-7(4-6-18)11(13,14)15/h1-2,7H,3-6H2. The second-order valence-electron chi connectivity index (χ2n) is 4.35. The first-order chi connectivity index (χ1) is 8.88. The topological polar surface area (TPSA) is 46.1 Å². The molecule has 0 saturated carbocycles. The van der Waals surface area contributed by atoms with Crippen molar-refractivity contribution in [3.63, 3.8) is 0 Å². The molecule has 0 unspecified atom stereocenters. The van der Waals surface area contributed by atoms with Crippen molar-refractivity contribution in [2.45, 2.75) is 19.0 Å². The van der Waals surface area contributed by atoms with Crippen molar-refractivity contribution in [3.05, 3.63) is 23.0 Å². The lowest BCUT2D eigenvalue weighted by Gasteiger charge is -2.32. The van der Waals surface area contributed by atoms with Crippen LogP contribution in [0, 0.1) is 5.92 Å². The lowest BCUT2D eigenvalue weighted by atomic mass is 9.96. The molecule has 1 aliphatic heterocycles. The van der Waals surface area contributed by atoms with E-state index in [4.69, 9.17) is 11.6 Å². The summed E-state index contributed by atoms with van der Waals surface area (Å²) >= 11 is 5.55. The van der Waals surface area contributed by atoms with Crippen molar-refractivity contribution in [2.75, 3.05) is 13.1 Å². The van der Waals surface area contributed by atoms with Crippen LogP contribution in [0.1, 0.15) is 23.3 Å². The molecule has 1 saturated heterocycles. The summed E-state index contributed by atoms with van der Waals surface area (Å²) in [6.45, 7) is 0.153. The molecule has 104 valence electrons. The van der Waals surface area contributed by atoms with Gasteiger partial charge in [-0.05, 0) is 25.0 Å². The summed E-state index contributed by atoms with van der Waals surface area (Å²) in [7, 11) is 0. The lowest BCUT2D eigenvalue weighted by molar-refractivity contribution is -0.183. The molecule has 0 radical (unpaired) electrons. The Bertz CT molecular complexity index is 455. The largest absolute Gasteiger partial charge is 0.391 e. The highest BCUT2D eigenvalue weighted by molar-refractivity contribution is 6.29. The van der Waals surface area contributed by atoms with Crippen LogP contribution in [-0.4, -0.2) is 40.3 Å². The second-order valence-corrected chi connectivity index (χ2v) is 4.74. The van der Waals surface area contributed by atoms with Gasteiger partial charge in [-0.15, -0.1) is 10.2 Å². The van der Waals surface area contributed by atoms with E-state index < -0.39 is 18.0 Å². The highest BCUT2D eigenvalue weighted by Gasteiger charge is 2.41.